The smallest absolute Gasteiger partial charge is 0.161 e. The number of aryl methyl sites for hydroxylation is 2. The number of hydrogen-bond acceptors (Lipinski definition) is 2. The van der Waals surface area contributed by atoms with Gasteiger partial charge in [-0.3, -0.25) is 0 Å². The molecule has 0 atom stereocenters. The normalized spacial score (nSPS) is 11.7. The Hall–Kier alpha value is -3.85. The summed E-state index contributed by atoms with van der Waals surface area (Å²) < 4.78 is 8.22. The van der Waals surface area contributed by atoms with E-state index in [-0.39, 0.29) is 0 Å². The highest BCUT2D eigenvalue weighted by molar-refractivity contribution is 6.03. The van der Waals surface area contributed by atoms with Gasteiger partial charge in [-0.05, 0) is 77.0 Å². The van der Waals surface area contributed by atoms with E-state index in [2.05, 4.69) is 81.4 Å². The summed E-state index contributed by atoms with van der Waals surface area (Å²) in [6, 6.07) is 18.8. The van der Waals surface area contributed by atoms with Crippen LogP contribution in [-0.4, -0.2) is 10.3 Å². The Labute approximate surface area is 223 Å². The van der Waals surface area contributed by atoms with Crippen LogP contribution in [0.5, 0.6) is 0 Å². The summed E-state index contributed by atoms with van der Waals surface area (Å²) in [5.74, 6) is 0.825. The summed E-state index contributed by atoms with van der Waals surface area (Å²) in [5, 5.41) is 1.05. The lowest BCUT2D eigenvalue weighted by molar-refractivity contribution is 0.604. The molecule has 0 unspecified atom stereocenters. The summed E-state index contributed by atoms with van der Waals surface area (Å²) in [6.45, 7) is 20.2. The number of aliphatic imine (C=N–C) groups is 1. The van der Waals surface area contributed by atoms with Gasteiger partial charge in [0.25, 0.3) is 0 Å². The van der Waals surface area contributed by atoms with E-state index < -0.39 is 0 Å². The first-order valence-electron chi connectivity index (χ1n) is 13.0. The molecule has 0 saturated heterocycles. The van der Waals surface area contributed by atoms with Gasteiger partial charge in [0.05, 0.1) is 0 Å². The van der Waals surface area contributed by atoms with Gasteiger partial charge in [-0.1, -0.05) is 75.1 Å². The minimum atomic E-state index is 0.809. The molecular weight excluding hydrogens is 452 g/mol. The number of furan rings is 1. The molecule has 3 heteroatoms. The van der Waals surface area contributed by atoms with Crippen molar-refractivity contribution in [2.45, 2.75) is 55.4 Å². The molecule has 4 aromatic rings. The summed E-state index contributed by atoms with van der Waals surface area (Å²) in [7, 11) is 2.11. The number of benzene rings is 2. The van der Waals surface area contributed by atoms with Gasteiger partial charge in [0.1, 0.15) is 11.4 Å². The molecular formula is C34H42N2O. The van der Waals surface area contributed by atoms with E-state index in [0.717, 1.165) is 39.3 Å². The fourth-order valence-corrected chi connectivity index (χ4v) is 3.94. The van der Waals surface area contributed by atoms with Crippen LogP contribution in [0.25, 0.3) is 34.4 Å². The third kappa shape index (κ3) is 6.89. The maximum absolute atomic E-state index is 5.99. The van der Waals surface area contributed by atoms with E-state index in [0.29, 0.717) is 0 Å². The fourth-order valence-electron chi connectivity index (χ4n) is 3.94. The largest absolute Gasteiger partial charge is 0.454 e. The second-order valence-corrected chi connectivity index (χ2v) is 8.64. The van der Waals surface area contributed by atoms with Crippen LogP contribution < -0.4 is 0 Å². The average molecular weight is 495 g/mol. The van der Waals surface area contributed by atoms with Crippen molar-refractivity contribution in [2.75, 3.05) is 0 Å². The summed E-state index contributed by atoms with van der Waals surface area (Å²) >= 11 is 0. The second-order valence-electron chi connectivity index (χ2n) is 8.64. The van der Waals surface area contributed by atoms with Crippen LogP contribution >= 0.6 is 0 Å². The molecule has 37 heavy (non-hydrogen) atoms. The SMILES string of the molecule is C=Cc1c(/C=C\C)oc2c(N=C(C)/C(C)=C\C)cccc12.CC.Cc1ccccc1-c1ccc(C)n1C. The second kappa shape index (κ2) is 14.0. The van der Waals surface area contributed by atoms with E-state index in [1.807, 2.05) is 71.0 Å². The molecule has 0 bridgehead atoms. The average Bonchev–Trinajstić information content (AvgIpc) is 3.45. The molecule has 0 fully saturated rings. The third-order valence-corrected chi connectivity index (χ3v) is 6.37. The Kier molecular flexibility index (Phi) is 11.1. The Morgan fingerprint density at radius 1 is 0.946 bits per heavy atom. The first-order chi connectivity index (χ1) is 17.8. The number of aromatic nitrogens is 1. The van der Waals surface area contributed by atoms with Crippen molar-refractivity contribution in [3.63, 3.8) is 0 Å². The van der Waals surface area contributed by atoms with Gasteiger partial charge in [-0.2, -0.15) is 0 Å². The number of para-hydroxylation sites is 1. The molecule has 3 nitrogen and oxygen atoms in total. The van der Waals surface area contributed by atoms with Crippen molar-refractivity contribution < 1.29 is 4.42 Å². The first kappa shape index (κ1) is 29.4. The number of hydrogen-bond donors (Lipinski definition) is 0. The molecule has 2 aromatic heterocycles. The number of rotatable bonds is 5. The Balaban J connectivity index is 0.000000260. The Bertz CT molecular complexity index is 1420. The first-order valence-corrected chi connectivity index (χ1v) is 13.0. The van der Waals surface area contributed by atoms with Crippen molar-refractivity contribution in [3.8, 4) is 11.3 Å². The number of fused-ring (bicyclic) bond motifs is 1. The highest BCUT2D eigenvalue weighted by Crippen LogP contribution is 2.34. The van der Waals surface area contributed by atoms with Crippen molar-refractivity contribution >= 4 is 34.5 Å². The monoisotopic (exact) mass is 494 g/mol. The van der Waals surface area contributed by atoms with Gasteiger partial charge in [0.2, 0.25) is 0 Å². The molecule has 2 aromatic carbocycles. The van der Waals surface area contributed by atoms with Gasteiger partial charge in [0, 0.05) is 40.7 Å². The lowest BCUT2D eigenvalue weighted by Crippen LogP contribution is -1.94. The fraction of sp³-hybridized carbons (Fsp3) is 0.265. The Morgan fingerprint density at radius 2 is 1.65 bits per heavy atom. The van der Waals surface area contributed by atoms with Gasteiger partial charge in [-0.25, -0.2) is 4.99 Å². The minimum absolute atomic E-state index is 0.809. The topological polar surface area (TPSA) is 30.4 Å². The van der Waals surface area contributed by atoms with Crippen LogP contribution in [-0.2, 0) is 7.05 Å². The molecule has 2 heterocycles. The predicted octanol–water partition coefficient (Wildman–Crippen LogP) is 10.5. The molecule has 194 valence electrons. The van der Waals surface area contributed by atoms with Crippen molar-refractivity contribution in [1.29, 1.82) is 0 Å². The van der Waals surface area contributed by atoms with Crippen LogP contribution in [0.3, 0.4) is 0 Å². The molecule has 0 saturated carbocycles. The summed E-state index contributed by atoms with van der Waals surface area (Å²) in [4.78, 5) is 4.70. The maximum Gasteiger partial charge on any atom is 0.161 e. The van der Waals surface area contributed by atoms with Crippen molar-refractivity contribution in [2.24, 2.45) is 12.0 Å². The zero-order valence-corrected chi connectivity index (χ0v) is 24.0. The van der Waals surface area contributed by atoms with Crippen molar-refractivity contribution in [3.05, 3.63) is 101 Å². The number of allylic oxidation sites excluding steroid dienone is 3. The lowest BCUT2D eigenvalue weighted by atomic mass is 10.1. The zero-order valence-electron chi connectivity index (χ0n) is 24.0. The van der Waals surface area contributed by atoms with Crippen molar-refractivity contribution in [1.82, 2.24) is 4.57 Å². The molecule has 0 aliphatic rings. The van der Waals surface area contributed by atoms with Crippen LogP contribution in [0.1, 0.15) is 64.1 Å². The Morgan fingerprint density at radius 3 is 2.22 bits per heavy atom. The maximum atomic E-state index is 5.99. The standard InChI is InChI=1S/C19H21NO.C13H15N.C2H6/c1-6-10-18-15(8-3)16-11-9-12-17(19(16)21-18)20-14(5)13(4)7-2;1-10-6-4-5-7-12(10)13-9-8-11(2)14(13)3;1-2/h6-12H,3H2,1-2,4-5H3;4-9H,1-3H3;1-2H3/b10-6-,13-7-,20-14?;;. The minimum Gasteiger partial charge on any atom is -0.454 e. The van der Waals surface area contributed by atoms with Crippen LogP contribution in [0.2, 0.25) is 0 Å². The van der Waals surface area contributed by atoms with E-state index >= 15 is 0 Å². The van der Waals surface area contributed by atoms with E-state index in [4.69, 9.17) is 9.41 Å². The van der Waals surface area contributed by atoms with Crippen LogP contribution in [0.15, 0.2) is 88.3 Å². The van der Waals surface area contributed by atoms with E-state index in [1.54, 1.807) is 0 Å². The third-order valence-electron chi connectivity index (χ3n) is 6.37. The lowest BCUT2D eigenvalue weighted by Gasteiger charge is -2.07. The van der Waals surface area contributed by atoms with Gasteiger partial charge in [-0.15, -0.1) is 0 Å². The quantitative estimate of drug-likeness (QED) is 0.254. The molecule has 0 spiro atoms. The van der Waals surface area contributed by atoms with E-state index in [9.17, 15) is 0 Å². The molecule has 0 amide bonds. The number of nitrogens with zero attached hydrogens (tertiary/aromatic N) is 2. The predicted molar refractivity (Wildman–Crippen MR) is 165 cm³/mol. The van der Waals surface area contributed by atoms with Gasteiger partial charge >= 0.3 is 0 Å². The molecule has 0 N–H and O–H groups in total. The van der Waals surface area contributed by atoms with Crippen LogP contribution in [0, 0.1) is 13.8 Å². The molecule has 0 radical (unpaired) electrons. The summed E-state index contributed by atoms with van der Waals surface area (Å²) in [6.07, 6.45) is 7.80. The van der Waals surface area contributed by atoms with Crippen LogP contribution in [0.4, 0.5) is 5.69 Å². The van der Waals surface area contributed by atoms with E-state index in [1.165, 1.54) is 22.5 Å². The molecule has 4 rings (SSSR count). The zero-order chi connectivity index (χ0) is 27.5. The highest BCUT2D eigenvalue weighted by Gasteiger charge is 2.12. The highest BCUT2D eigenvalue weighted by atomic mass is 16.3. The molecule has 0 aliphatic heterocycles. The molecule has 0 aliphatic carbocycles. The van der Waals surface area contributed by atoms with Gasteiger partial charge < -0.3 is 8.98 Å². The van der Waals surface area contributed by atoms with Gasteiger partial charge in [0.15, 0.2) is 5.58 Å². The summed E-state index contributed by atoms with van der Waals surface area (Å²) in [5.41, 5.74) is 10.1.